The molecule has 0 aliphatic heterocycles. The minimum absolute atomic E-state index is 0.466. The van der Waals surface area contributed by atoms with E-state index in [1.807, 2.05) is 24.3 Å². The Morgan fingerprint density at radius 1 is 1.35 bits per heavy atom. The van der Waals surface area contributed by atoms with E-state index in [-0.39, 0.29) is 0 Å². The number of hydrogen-bond acceptors (Lipinski definition) is 2. The van der Waals surface area contributed by atoms with Gasteiger partial charge in [-0.25, -0.2) is 0 Å². The van der Waals surface area contributed by atoms with E-state index in [2.05, 4.69) is 18.9 Å². The zero-order valence-electron chi connectivity index (χ0n) is 12.6. The number of aliphatic hydroxyl groups is 1. The Balaban J connectivity index is 1.83. The van der Waals surface area contributed by atoms with Gasteiger partial charge in [0.1, 0.15) is 0 Å². The van der Waals surface area contributed by atoms with Crippen LogP contribution in [0.1, 0.15) is 50.7 Å². The standard InChI is InChI=1S/C17H26ClNO/c1-13-6-5-7-14(12-13)19(2)11-10-17(20)15-8-3-4-9-16(15)18/h3-4,8-9,13-14,17,20H,5-7,10-12H2,1-2H3. The molecular weight excluding hydrogens is 270 g/mol. The van der Waals surface area contributed by atoms with Crippen LogP contribution in [0.15, 0.2) is 24.3 Å². The molecule has 0 spiro atoms. The summed E-state index contributed by atoms with van der Waals surface area (Å²) < 4.78 is 0. The van der Waals surface area contributed by atoms with Crippen LogP contribution in [0.5, 0.6) is 0 Å². The molecular formula is C17H26ClNO. The molecule has 1 aliphatic rings. The molecule has 2 rings (SSSR count). The van der Waals surface area contributed by atoms with Gasteiger partial charge in [0.05, 0.1) is 6.10 Å². The summed E-state index contributed by atoms with van der Waals surface area (Å²) in [5.74, 6) is 0.838. The summed E-state index contributed by atoms with van der Waals surface area (Å²) in [6.45, 7) is 3.27. The van der Waals surface area contributed by atoms with Crippen LogP contribution >= 0.6 is 11.6 Å². The molecule has 1 fully saturated rings. The molecule has 0 saturated heterocycles. The van der Waals surface area contributed by atoms with Gasteiger partial charge in [0.15, 0.2) is 0 Å². The van der Waals surface area contributed by atoms with Gasteiger partial charge in [-0.2, -0.15) is 0 Å². The fourth-order valence-electron chi connectivity index (χ4n) is 3.21. The molecule has 0 amide bonds. The van der Waals surface area contributed by atoms with Gasteiger partial charge in [-0.1, -0.05) is 49.6 Å². The summed E-state index contributed by atoms with van der Waals surface area (Å²) in [6.07, 6.45) is 5.56. The van der Waals surface area contributed by atoms with E-state index >= 15 is 0 Å². The Morgan fingerprint density at radius 3 is 2.80 bits per heavy atom. The molecule has 3 heteroatoms. The Morgan fingerprint density at radius 2 is 2.10 bits per heavy atom. The molecule has 3 atom stereocenters. The molecule has 1 aromatic carbocycles. The molecule has 0 heterocycles. The number of aliphatic hydroxyl groups excluding tert-OH is 1. The van der Waals surface area contributed by atoms with E-state index in [0.29, 0.717) is 11.1 Å². The third kappa shape index (κ3) is 4.21. The Kier molecular flexibility index (Phi) is 5.88. The van der Waals surface area contributed by atoms with Crippen molar-refractivity contribution in [2.24, 2.45) is 5.92 Å². The molecule has 3 unspecified atom stereocenters. The molecule has 0 radical (unpaired) electrons. The van der Waals surface area contributed by atoms with Crippen molar-refractivity contribution in [2.45, 2.75) is 51.2 Å². The third-order valence-electron chi connectivity index (χ3n) is 4.55. The van der Waals surface area contributed by atoms with E-state index in [9.17, 15) is 5.11 Å². The van der Waals surface area contributed by atoms with Crippen molar-refractivity contribution < 1.29 is 5.11 Å². The third-order valence-corrected chi connectivity index (χ3v) is 4.90. The van der Waals surface area contributed by atoms with E-state index in [0.717, 1.165) is 24.4 Å². The molecule has 1 aliphatic carbocycles. The van der Waals surface area contributed by atoms with E-state index < -0.39 is 6.10 Å². The summed E-state index contributed by atoms with van der Waals surface area (Å²) in [7, 11) is 2.18. The molecule has 0 aromatic heterocycles. The van der Waals surface area contributed by atoms with Crippen LogP contribution in [0.2, 0.25) is 5.02 Å². The van der Waals surface area contributed by atoms with Crippen LogP contribution in [0, 0.1) is 5.92 Å². The molecule has 0 bridgehead atoms. The fourth-order valence-corrected chi connectivity index (χ4v) is 3.47. The highest BCUT2D eigenvalue weighted by Gasteiger charge is 2.22. The lowest BCUT2D eigenvalue weighted by Gasteiger charge is -2.34. The maximum atomic E-state index is 10.3. The second kappa shape index (κ2) is 7.44. The second-order valence-corrected chi connectivity index (χ2v) is 6.64. The number of nitrogens with zero attached hydrogens (tertiary/aromatic N) is 1. The lowest BCUT2D eigenvalue weighted by Crippen LogP contribution is -2.36. The van der Waals surface area contributed by atoms with Crippen molar-refractivity contribution >= 4 is 11.6 Å². The van der Waals surface area contributed by atoms with E-state index in [1.54, 1.807) is 0 Å². The van der Waals surface area contributed by atoms with Gasteiger partial charge in [0.2, 0.25) is 0 Å². The van der Waals surface area contributed by atoms with Gasteiger partial charge in [-0.3, -0.25) is 0 Å². The first kappa shape index (κ1) is 15.8. The zero-order chi connectivity index (χ0) is 14.5. The minimum atomic E-state index is -0.466. The summed E-state index contributed by atoms with van der Waals surface area (Å²) >= 11 is 6.13. The molecule has 1 aromatic rings. The quantitative estimate of drug-likeness (QED) is 0.877. The molecule has 20 heavy (non-hydrogen) atoms. The van der Waals surface area contributed by atoms with Crippen molar-refractivity contribution in [3.8, 4) is 0 Å². The molecule has 112 valence electrons. The Labute approximate surface area is 127 Å². The Hall–Kier alpha value is -0.570. The lowest BCUT2D eigenvalue weighted by atomic mass is 9.86. The van der Waals surface area contributed by atoms with Crippen LogP contribution in [0.4, 0.5) is 0 Å². The van der Waals surface area contributed by atoms with Gasteiger partial charge in [-0.05, 0) is 43.9 Å². The maximum absolute atomic E-state index is 10.3. The topological polar surface area (TPSA) is 23.5 Å². The highest BCUT2D eigenvalue weighted by Crippen LogP contribution is 2.28. The predicted molar refractivity (Wildman–Crippen MR) is 85.1 cm³/mol. The van der Waals surface area contributed by atoms with Crippen molar-refractivity contribution in [1.82, 2.24) is 4.90 Å². The van der Waals surface area contributed by atoms with Crippen molar-refractivity contribution in [3.05, 3.63) is 34.9 Å². The van der Waals surface area contributed by atoms with Crippen molar-refractivity contribution in [3.63, 3.8) is 0 Å². The molecule has 2 nitrogen and oxygen atoms in total. The average Bonchev–Trinajstić information content (AvgIpc) is 2.45. The predicted octanol–water partition coefficient (Wildman–Crippen LogP) is 4.27. The first-order valence-corrected chi connectivity index (χ1v) is 8.08. The first-order chi connectivity index (χ1) is 9.58. The minimum Gasteiger partial charge on any atom is -0.388 e. The number of rotatable bonds is 5. The summed E-state index contributed by atoms with van der Waals surface area (Å²) in [5, 5.41) is 11.0. The van der Waals surface area contributed by atoms with Crippen LogP contribution in [-0.4, -0.2) is 29.6 Å². The van der Waals surface area contributed by atoms with Gasteiger partial charge in [0.25, 0.3) is 0 Å². The lowest BCUT2D eigenvalue weighted by molar-refractivity contribution is 0.116. The number of halogens is 1. The van der Waals surface area contributed by atoms with Crippen LogP contribution in [0.3, 0.4) is 0 Å². The summed E-state index contributed by atoms with van der Waals surface area (Å²) in [5.41, 5.74) is 0.847. The second-order valence-electron chi connectivity index (χ2n) is 6.23. The van der Waals surface area contributed by atoms with Gasteiger partial charge < -0.3 is 10.0 Å². The molecule has 1 N–H and O–H groups in total. The van der Waals surface area contributed by atoms with E-state index in [4.69, 9.17) is 11.6 Å². The maximum Gasteiger partial charge on any atom is 0.0816 e. The highest BCUT2D eigenvalue weighted by molar-refractivity contribution is 6.31. The molecule has 1 saturated carbocycles. The van der Waals surface area contributed by atoms with Gasteiger partial charge in [-0.15, -0.1) is 0 Å². The smallest absolute Gasteiger partial charge is 0.0816 e. The van der Waals surface area contributed by atoms with Crippen molar-refractivity contribution in [2.75, 3.05) is 13.6 Å². The number of benzene rings is 1. The normalized spacial score (nSPS) is 24.9. The average molecular weight is 296 g/mol. The van der Waals surface area contributed by atoms with Crippen LogP contribution < -0.4 is 0 Å². The monoisotopic (exact) mass is 295 g/mol. The van der Waals surface area contributed by atoms with Crippen LogP contribution in [-0.2, 0) is 0 Å². The summed E-state index contributed by atoms with van der Waals surface area (Å²) in [6, 6.07) is 8.25. The van der Waals surface area contributed by atoms with Gasteiger partial charge in [0, 0.05) is 17.6 Å². The van der Waals surface area contributed by atoms with Crippen LogP contribution in [0.25, 0.3) is 0 Å². The fraction of sp³-hybridized carbons (Fsp3) is 0.647. The SMILES string of the molecule is CC1CCCC(N(C)CCC(O)c2ccccc2Cl)C1. The largest absolute Gasteiger partial charge is 0.388 e. The first-order valence-electron chi connectivity index (χ1n) is 7.70. The van der Waals surface area contributed by atoms with E-state index in [1.165, 1.54) is 25.7 Å². The summed E-state index contributed by atoms with van der Waals surface area (Å²) in [4.78, 5) is 2.41. The zero-order valence-corrected chi connectivity index (χ0v) is 13.3. The number of hydrogen-bond donors (Lipinski definition) is 1. The Bertz CT molecular complexity index is 423. The van der Waals surface area contributed by atoms with Gasteiger partial charge >= 0.3 is 0 Å². The van der Waals surface area contributed by atoms with Crippen molar-refractivity contribution in [1.29, 1.82) is 0 Å². The highest BCUT2D eigenvalue weighted by atomic mass is 35.5.